The number of carbonyl (C=O) groups is 1. The average Bonchev–Trinajstić information content (AvgIpc) is 2.73. The van der Waals surface area contributed by atoms with E-state index in [4.69, 9.17) is 4.74 Å². The third-order valence-electron chi connectivity index (χ3n) is 5.75. The van der Waals surface area contributed by atoms with E-state index < -0.39 is 5.60 Å². The van der Waals surface area contributed by atoms with E-state index in [2.05, 4.69) is 10.6 Å². The third-order valence-corrected chi connectivity index (χ3v) is 5.75. The van der Waals surface area contributed by atoms with Crippen LogP contribution in [0, 0.1) is 12.8 Å². The highest BCUT2D eigenvalue weighted by Crippen LogP contribution is 2.43. The van der Waals surface area contributed by atoms with Crippen LogP contribution in [0.25, 0.3) is 0 Å². The summed E-state index contributed by atoms with van der Waals surface area (Å²) in [6.07, 6.45) is 3.26. The Hall–Kier alpha value is -2.37. The van der Waals surface area contributed by atoms with E-state index in [-0.39, 0.29) is 11.8 Å². The van der Waals surface area contributed by atoms with Crippen molar-refractivity contribution in [3.05, 3.63) is 59.7 Å². The molecule has 29 heavy (non-hydrogen) atoms. The molecule has 5 heteroatoms. The van der Waals surface area contributed by atoms with Gasteiger partial charge in [-0.3, -0.25) is 4.79 Å². The number of aryl methyl sites for hydroxylation is 1. The third kappa shape index (κ3) is 5.37. The Labute approximate surface area is 173 Å². The Morgan fingerprint density at radius 2 is 1.93 bits per heavy atom. The van der Waals surface area contributed by atoms with Crippen molar-refractivity contribution < 1.29 is 14.6 Å². The van der Waals surface area contributed by atoms with Crippen LogP contribution in [0.5, 0.6) is 11.5 Å². The molecule has 2 aromatic carbocycles. The number of nitrogens with one attached hydrogen (secondary N) is 2. The van der Waals surface area contributed by atoms with Gasteiger partial charge in [-0.15, -0.1) is 0 Å². The monoisotopic (exact) mass is 396 g/mol. The fourth-order valence-electron chi connectivity index (χ4n) is 4.14. The molecule has 3 N–H and O–H groups in total. The molecule has 1 amide bonds. The number of aliphatic hydroxyl groups is 1. The van der Waals surface area contributed by atoms with E-state index in [9.17, 15) is 9.90 Å². The zero-order valence-electron chi connectivity index (χ0n) is 17.4. The SMILES string of the molecule is CC(=O)NCCC[C@@](O)(c1ccccc1Oc1ccccc1C)[C@@H]1CCCNC1. The summed E-state index contributed by atoms with van der Waals surface area (Å²) in [7, 11) is 0. The van der Waals surface area contributed by atoms with Crippen LogP contribution in [0.15, 0.2) is 48.5 Å². The van der Waals surface area contributed by atoms with Crippen molar-refractivity contribution in [1.29, 1.82) is 0 Å². The van der Waals surface area contributed by atoms with Crippen LogP contribution in [-0.2, 0) is 10.4 Å². The number of hydrogen-bond donors (Lipinski definition) is 3. The molecule has 5 nitrogen and oxygen atoms in total. The van der Waals surface area contributed by atoms with E-state index in [0.717, 1.165) is 42.8 Å². The maximum Gasteiger partial charge on any atom is 0.216 e. The van der Waals surface area contributed by atoms with Gasteiger partial charge in [-0.1, -0.05) is 36.4 Å². The van der Waals surface area contributed by atoms with Crippen LogP contribution in [-0.4, -0.2) is 30.6 Å². The highest BCUT2D eigenvalue weighted by Gasteiger charge is 2.40. The minimum absolute atomic E-state index is 0.0452. The molecule has 1 heterocycles. The van der Waals surface area contributed by atoms with Gasteiger partial charge in [0, 0.05) is 31.5 Å². The van der Waals surface area contributed by atoms with Gasteiger partial charge in [-0.05, 0) is 56.8 Å². The zero-order valence-corrected chi connectivity index (χ0v) is 17.4. The Balaban J connectivity index is 1.90. The Kier molecular flexibility index (Phi) is 7.29. The first kappa shape index (κ1) is 21.3. The van der Waals surface area contributed by atoms with Gasteiger partial charge in [-0.25, -0.2) is 0 Å². The molecule has 0 saturated carbocycles. The molecular formula is C24H32N2O3. The van der Waals surface area contributed by atoms with Gasteiger partial charge in [0.2, 0.25) is 5.91 Å². The predicted molar refractivity (Wildman–Crippen MR) is 115 cm³/mol. The summed E-state index contributed by atoms with van der Waals surface area (Å²) in [5, 5.41) is 18.2. The topological polar surface area (TPSA) is 70.6 Å². The highest BCUT2D eigenvalue weighted by molar-refractivity contribution is 5.72. The van der Waals surface area contributed by atoms with Gasteiger partial charge in [-0.2, -0.15) is 0 Å². The lowest BCUT2D eigenvalue weighted by Gasteiger charge is -2.40. The summed E-state index contributed by atoms with van der Waals surface area (Å²) in [6, 6.07) is 15.7. The maximum atomic E-state index is 12.0. The standard InChI is InChI=1S/C24H32N2O3/c1-18-9-3-5-12-22(18)29-23-13-6-4-11-21(23)24(28,14-8-16-26-19(2)27)20-10-7-15-25-17-20/h3-6,9,11-13,20,25,28H,7-8,10,14-17H2,1-2H3,(H,26,27)/t20-,24+/m1/s1. The molecule has 0 spiro atoms. The number of rotatable bonds is 8. The number of para-hydroxylation sites is 2. The summed E-state index contributed by atoms with van der Waals surface area (Å²) in [6.45, 7) is 5.85. The number of hydrogen-bond acceptors (Lipinski definition) is 4. The molecule has 1 aliphatic heterocycles. The van der Waals surface area contributed by atoms with Gasteiger partial charge in [0.25, 0.3) is 0 Å². The van der Waals surface area contributed by atoms with Gasteiger partial charge < -0.3 is 20.5 Å². The van der Waals surface area contributed by atoms with Crippen molar-refractivity contribution in [2.75, 3.05) is 19.6 Å². The van der Waals surface area contributed by atoms with Crippen LogP contribution in [0.3, 0.4) is 0 Å². The zero-order chi connectivity index (χ0) is 20.7. The molecular weight excluding hydrogens is 364 g/mol. The molecule has 1 saturated heterocycles. The summed E-state index contributed by atoms with van der Waals surface area (Å²) < 4.78 is 6.27. The molecule has 0 bridgehead atoms. The second kappa shape index (κ2) is 9.90. The summed E-state index contributed by atoms with van der Waals surface area (Å²) >= 11 is 0. The van der Waals surface area contributed by atoms with E-state index in [1.165, 1.54) is 6.92 Å². The maximum absolute atomic E-state index is 12.0. The molecule has 0 aliphatic carbocycles. The quantitative estimate of drug-likeness (QED) is 0.592. The fraction of sp³-hybridized carbons (Fsp3) is 0.458. The van der Waals surface area contributed by atoms with Crippen LogP contribution in [0.2, 0.25) is 0 Å². The van der Waals surface area contributed by atoms with Gasteiger partial charge in [0.15, 0.2) is 0 Å². The molecule has 1 aliphatic rings. The minimum atomic E-state index is -1.02. The van der Waals surface area contributed by atoms with E-state index >= 15 is 0 Å². The number of amides is 1. The lowest BCUT2D eigenvalue weighted by molar-refractivity contribution is -0.119. The van der Waals surface area contributed by atoms with E-state index in [0.29, 0.717) is 25.1 Å². The normalized spacial score (nSPS) is 18.7. The summed E-state index contributed by atoms with van der Waals surface area (Å²) in [4.78, 5) is 11.2. The first-order valence-electron chi connectivity index (χ1n) is 10.5. The van der Waals surface area contributed by atoms with Crippen LogP contribution < -0.4 is 15.4 Å². The molecule has 2 atom stereocenters. The van der Waals surface area contributed by atoms with Crippen molar-refractivity contribution in [3.8, 4) is 11.5 Å². The molecule has 0 radical (unpaired) electrons. The Morgan fingerprint density at radius 3 is 2.62 bits per heavy atom. The lowest BCUT2D eigenvalue weighted by Crippen LogP contribution is -2.44. The number of ether oxygens (including phenoxy) is 1. The number of benzene rings is 2. The van der Waals surface area contributed by atoms with E-state index in [1.807, 2.05) is 55.5 Å². The molecule has 1 fully saturated rings. The summed E-state index contributed by atoms with van der Waals surface area (Å²) in [5.41, 5.74) is 0.848. The first-order valence-corrected chi connectivity index (χ1v) is 10.5. The van der Waals surface area contributed by atoms with Crippen LogP contribution in [0.4, 0.5) is 0 Å². The Bertz CT molecular complexity index is 817. The predicted octanol–water partition coefficient (Wildman–Crippen LogP) is 3.89. The molecule has 2 aromatic rings. The summed E-state index contributed by atoms with van der Waals surface area (Å²) in [5.74, 6) is 1.53. The first-order chi connectivity index (χ1) is 14.0. The molecule has 0 aromatic heterocycles. The number of carbonyl (C=O) groups excluding carboxylic acids is 1. The fourth-order valence-corrected chi connectivity index (χ4v) is 4.14. The second-order valence-electron chi connectivity index (χ2n) is 7.92. The van der Waals surface area contributed by atoms with Crippen molar-refractivity contribution in [2.45, 2.75) is 45.1 Å². The van der Waals surface area contributed by atoms with Crippen molar-refractivity contribution in [2.24, 2.45) is 5.92 Å². The van der Waals surface area contributed by atoms with E-state index in [1.54, 1.807) is 0 Å². The average molecular weight is 397 g/mol. The van der Waals surface area contributed by atoms with Crippen LogP contribution in [0.1, 0.15) is 43.7 Å². The lowest BCUT2D eigenvalue weighted by atomic mass is 9.74. The van der Waals surface area contributed by atoms with Gasteiger partial charge in [0.1, 0.15) is 11.5 Å². The molecule has 156 valence electrons. The van der Waals surface area contributed by atoms with Gasteiger partial charge >= 0.3 is 0 Å². The molecule has 3 rings (SSSR count). The van der Waals surface area contributed by atoms with Crippen LogP contribution >= 0.6 is 0 Å². The van der Waals surface area contributed by atoms with Crippen molar-refractivity contribution in [1.82, 2.24) is 10.6 Å². The van der Waals surface area contributed by atoms with Crippen molar-refractivity contribution >= 4 is 5.91 Å². The van der Waals surface area contributed by atoms with Gasteiger partial charge in [0.05, 0.1) is 5.60 Å². The largest absolute Gasteiger partial charge is 0.457 e. The number of piperidine rings is 1. The second-order valence-corrected chi connectivity index (χ2v) is 7.92. The Morgan fingerprint density at radius 1 is 1.21 bits per heavy atom. The minimum Gasteiger partial charge on any atom is -0.457 e. The highest BCUT2D eigenvalue weighted by atomic mass is 16.5. The van der Waals surface area contributed by atoms with Crippen molar-refractivity contribution in [3.63, 3.8) is 0 Å². The smallest absolute Gasteiger partial charge is 0.216 e. The molecule has 0 unspecified atom stereocenters.